The fraction of sp³-hybridized carbons (Fsp3) is 0.308. The predicted octanol–water partition coefficient (Wildman–Crippen LogP) is 1.46. The van der Waals surface area contributed by atoms with E-state index in [-0.39, 0.29) is 12.1 Å². The van der Waals surface area contributed by atoms with Crippen molar-refractivity contribution in [3.8, 4) is 0 Å². The Kier molecular flexibility index (Phi) is 5.65. The molecule has 0 fully saturated rings. The number of aliphatic hydroxyl groups is 2. The number of benzene rings is 1. The summed E-state index contributed by atoms with van der Waals surface area (Å²) >= 11 is 3.21. The Morgan fingerprint density at radius 2 is 2.26 bits per heavy atom. The van der Waals surface area contributed by atoms with Crippen molar-refractivity contribution in [1.82, 2.24) is 5.32 Å². The highest BCUT2D eigenvalue weighted by Crippen LogP contribution is 2.16. The van der Waals surface area contributed by atoms with Gasteiger partial charge in [0.15, 0.2) is 0 Å². The SMILES string of the molecule is CC(O)(CO)CNC(=O)C=Cc1cc(Br)ccc1F. The molecule has 6 heteroatoms. The highest BCUT2D eigenvalue weighted by Gasteiger charge is 2.18. The van der Waals surface area contributed by atoms with Gasteiger partial charge in [0.1, 0.15) is 11.4 Å². The first kappa shape index (κ1) is 15.8. The molecular weight excluding hydrogens is 317 g/mol. The molecule has 0 heterocycles. The maximum atomic E-state index is 13.4. The monoisotopic (exact) mass is 331 g/mol. The van der Waals surface area contributed by atoms with Crippen LogP contribution in [0.2, 0.25) is 0 Å². The zero-order valence-corrected chi connectivity index (χ0v) is 11.9. The Balaban J connectivity index is 2.61. The largest absolute Gasteiger partial charge is 0.393 e. The lowest BCUT2D eigenvalue weighted by Crippen LogP contribution is -2.42. The van der Waals surface area contributed by atoms with Crippen molar-refractivity contribution in [1.29, 1.82) is 0 Å². The number of hydrogen-bond acceptors (Lipinski definition) is 3. The van der Waals surface area contributed by atoms with Crippen LogP contribution in [0.1, 0.15) is 12.5 Å². The van der Waals surface area contributed by atoms with Gasteiger partial charge in [0, 0.05) is 22.7 Å². The van der Waals surface area contributed by atoms with Gasteiger partial charge in [0.2, 0.25) is 5.91 Å². The van der Waals surface area contributed by atoms with Crippen molar-refractivity contribution >= 4 is 27.9 Å². The zero-order valence-electron chi connectivity index (χ0n) is 10.4. The topological polar surface area (TPSA) is 69.6 Å². The van der Waals surface area contributed by atoms with Crippen LogP contribution < -0.4 is 5.32 Å². The summed E-state index contributed by atoms with van der Waals surface area (Å²) in [7, 11) is 0. The van der Waals surface area contributed by atoms with E-state index in [9.17, 15) is 14.3 Å². The number of amides is 1. The molecule has 104 valence electrons. The summed E-state index contributed by atoms with van der Waals surface area (Å²) in [6.45, 7) is 0.843. The lowest BCUT2D eigenvalue weighted by Gasteiger charge is -2.19. The Morgan fingerprint density at radius 1 is 1.58 bits per heavy atom. The molecule has 1 amide bonds. The Labute approximate surface area is 119 Å². The van der Waals surface area contributed by atoms with Crippen LogP contribution in [-0.2, 0) is 4.79 Å². The lowest BCUT2D eigenvalue weighted by molar-refractivity contribution is -0.117. The first-order valence-corrected chi connectivity index (χ1v) is 6.37. The number of carbonyl (C=O) groups excluding carboxylic acids is 1. The minimum absolute atomic E-state index is 0.0896. The Morgan fingerprint density at radius 3 is 2.89 bits per heavy atom. The van der Waals surface area contributed by atoms with Gasteiger partial charge in [-0.1, -0.05) is 15.9 Å². The molecule has 0 spiro atoms. The normalized spacial score (nSPS) is 14.4. The molecule has 0 saturated carbocycles. The highest BCUT2D eigenvalue weighted by molar-refractivity contribution is 9.10. The third-order valence-corrected chi connectivity index (χ3v) is 2.85. The number of rotatable bonds is 5. The van der Waals surface area contributed by atoms with Crippen LogP contribution >= 0.6 is 15.9 Å². The first-order chi connectivity index (χ1) is 8.84. The molecular formula is C13H15BrFNO3. The molecule has 1 atom stereocenters. The quantitative estimate of drug-likeness (QED) is 0.715. The van der Waals surface area contributed by atoms with E-state index in [0.717, 1.165) is 6.08 Å². The molecule has 1 aromatic rings. The van der Waals surface area contributed by atoms with Crippen LogP contribution in [0.15, 0.2) is 28.7 Å². The van der Waals surface area contributed by atoms with Crippen molar-refractivity contribution in [2.45, 2.75) is 12.5 Å². The van der Waals surface area contributed by atoms with Crippen LogP contribution in [0.25, 0.3) is 6.08 Å². The minimum atomic E-state index is -1.37. The average molecular weight is 332 g/mol. The summed E-state index contributed by atoms with van der Waals surface area (Å²) in [4.78, 5) is 11.5. The van der Waals surface area contributed by atoms with E-state index in [1.54, 1.807) is 12.1 Å². The van der Waals surface area contributed by atoms with Gasteiger partial charge in [0.05, 0.1) is 6.61 Å². The van der Waals surface area contributed by atoms with Crippen LogP contribution in [0, 0.1) is 5.82 Å². The summed E-state index contributed by atoms with van der Waals surface area (Å²) in [5, 5.41) is 20.7. The van der Waals surface area contributed by atoms with Gasteiger partial charge in [-0.05, 0) is 31.2 Å². The molecule has 4 nitrogen and oxygen atoms in total. The van der Waals surface area contributed by atoms with Crippen molar-refractivity contribution < 1.29 is 19.4 Å². The number of carbonyl (C=O) groups is 1. The molecule has 0 aliphatic heterocycles. The van der Waals surface area contributed by atoms with Gasteiger partial charge in [-0.15, -0.1) is 0 Å². The van der Waals surface area contributed by atoms with Crippen LogP contribution in [0.5, 0.6) is 0 Å². The molecule has 0 radical (unpaired) electrons. The third kappa shape index (κ3) is 5.50. The molecule has 0 saturated heterocycles. The second kappa shape index (κ2) is 6.79. The maximum absolute atomic E-state index is 13.4. The predicted molar refractivity (Wildman–Crippen MR) is 73.9 cm³/mol. The fourth-order valence-electron chi connectivity index (χ4n) is 1.20. The Hall–Kier alpha value is -1.24. The second-order valence-electron chi connectivity index (χ2n) is 4.37. The van der Waals surface area contributed by atoms with Gasteiger partial charge in [-0.3, -0.25) is 4.79 Å². The van der Waals surface area contributed by atoms with Crippen LogP contribution in [0.4, 0.5) is 4.39 Å². The molecule has 0 bridgehead atoms. The van der Waals surface area contributed by atoms with Crippen molar-refractivity contribution in [3.05, 3.63) is 40.1 Å². The van der Waals surface area contributed by atoms with Crippen LogP contribution in [-0.4, -0.2) is 34.9 Å². The van der Waals surface area contributed by atoms with E-state index in [2.05, 4.69) is 21.2 Å². The fourth-order valence-corrected chi connectivity index (χ4v) is 1.58. The number of halogens is 2. The van der Waals surface area contributed by atoms with E-state index in [1.807, 2.05) is 0 Å². The maximum Gasteiger partial charge on any atom is 0.244 e. The second-order valence-corrected chi connectivity index (χ2v) is 5.29. The molecule has 0 aliphatic rings. The summed E-state index contributed by atoms with van der Waals surface area (Å²) in [5.41, 5.74) is -1.09. The van der Waals surface area contributed by atoms with Gasteiger partial charge in [-0.2, -0.15) is 0 Å². The average Bonchev–Trinajstić information content (AvgIpc) is 2.37. The molecule has 3 N–H and O–H groups in total. The van der Waals surface area contributed by atoms with Crippen LogP contribution in [0.3, 0.4) is 0 Å². The Bertz CT molecular complexity index is 489. The molecule has 0 aromatic heterocycles. The number of aliphatic hydroxyl groups excluding tert-OH is 1. The van der Waals surface area contributed by atoms with E-state index in [1.165, 1.54) is 19.1 Å². The summed E-state index contributed by atoms with van der Waals surface area (Å²) < 4.78 is 14.1. The van der Waals surface area contributed by atoms with Crippen molar-refractivity contribution in [3.63, 3.8) is 0 Å². The van der Waals surface area contributed by atoms with Gasteiger partial charge in [0.25, 0.3) is 0 Å². The summed E-state index contributed by atoms with van der Waals surface area (Å²) in [6, 6.07) is 4.40. The molecule has 1 aromatic carbocycles. The molecule has 19 heavy (non-hydrogen) atoms. The van der Waals surface area contributed by atoms with Crippen molar-refractivity contribution in [2.75, 3.05) is 13.2 Å². The van der Waals surface area contributed by atoms with Gasteiger partial charge < -0.3 is 15.5 Å². The van der Waals surface area contributed by atoms with E-state index in [4.69, 9.17) is 5.11 Å². The van der Waals surface area contributed by atoms with E-state index < -0.39 is 23.9 Å². The highest BCUT2D eigenvalue weighted by atomic mass is 79.9. The third-order valence-electron chi connectivity index (χ3n) is 2.36. The molecule has 1 unspecified atom stereocenters. The lowest BCUT2D eigenvalue weighted by atomic mass is 10.1. The van der Waals surface area contributed by atoms with Crippen molar-refractivity contribution in [2.24, 2.45) is 0 Å². The van der Waals surface area contributed by atoms with Gasteiger partial charge in [-0.25, -0.2) is 4.39 Å². The van der Waals surface area contributed by atoms with Gasteiger partial charge >= 0.3 is 0 Å². The molecule has 0 aliphatic carbocycles. The summed E-state index contributed by atoms with van der Waals surface area (Å²) in [6.07, 6.45) is 2.50. The van der Waals surface area contributed by atoms with E-state index in [0.29, 0.717) is 4.47 Å². The molecule has 1 rings (SSSR count). The first-order valence-electron chi connectivity index (χ1n) is 5.58. The minimum Gasteiger partial charge on any atom is -0.393 e. The summed E-state index contributed by atoms with van der Waals surface area (Å²) in [5.74, 6) is -0.914. The smallest absolute Gasteiger partial charge is 0.244 e. The zero-order chi connectivity index (χ0) is 14.5. The van der Waals surface area contributed by atoms with E-state index >= 15 is 0 Å². The standard InChI is InChI=1S/C13H15BrFNO3/c1-13(19,8-17)7-16-12(18)5-2-9-6-10(14)3-4-11(9)15/h2-6,17,19H,7-8H2,1H3,(H,16,18). The number of nitrogens with one attached hydrogen (secondary N) is 1. The number of hydrogen-bond donors (Lipinski definition) is 3.